The fourth-order valence-electron chi connectivity index (χ4n) is 5.81. The van der Waals surface area contributed by atoms with Crippen LogP contribution in [0.2, 0.25) is 0 Å². The maximum absolute atomic E-state index is 13.6. The maximum Gasteiger partial charge on any atom is 0.263 e. The van der Waals surface area contributed by atoms with Gasteiger partial charge in [0.15, 0.2) is 0 Å². The summed E-state index contributed by atoms with van der Waals surface area (Å²) in [4.78, 5) is 31.4. The van der Waals surface area contributed by atoms with Crippen LogP contribution in [0.3, 0.4) is 0 Å². The lowest BCUT2D eigenvalue weighted by Crippen LogP contribution is -2.50. The predicted octanol–water partition coefficient (Wildman–Crippen LogP) is 4.06. The summed E-state index contributed by atoms with van der Waals surface area (Å²) >= 11 is 0. The van der Waals surface area contributed by atoms with Crippen LogP contribution < -0.4 is 15.1 Å². The molecule has 1 saturated heterocycles. The van der Waals surface area contributed by atoms with Crippen LogP contribution in [0.25, 0.3) is 0 Å². The number of benzene rings is 2. The van der Waals surface area contributed by atoms with Crippen molar-refractivity contribution in [3.8, 4) is 0 Å². The Hall–Kier alpha value is -3.49. The molecule has 1 fully saturated rings. The van der Waals surface area contributed by atoms with Crippen molar-refractivity contribution in [2.45, 2.75) is 31.8 Å². The molecule has 8 heteroatoms. The van der Waals surface area contributed by atoms with Gasteiger partial charge in [-0.15, -0.1) is 0 Å². The topological polar surface area (TPSA) is 67.8 Å². The van der Waals surface area contributed by atoms with E-state index in [0.717, 1.165) is 44.7 Å². The summed E-state index contributed by atoms with van der Waals surface area (Å²) in [5, 5.41) is 3.14. The number of carbonyl (C=O) groups excluding carboxylic acids is 1. The van der Waals surface area contributed by atoms with Gasteiger partial charge in [-0.3, -0.25) is 14.6 Å². The molecule has 1 aromatic heterocycles. The Morgan fingerprint density at radius 2 is 1.76 bits per heavy atom. The molecule has 0 saturated carbocycles. The molecule has 2 aliphatic rings. The molecule has 0 radical (unpaired) electrons. The first-order valence-electron chi connectivity index (χ1n) is 13.6. The van der Waals surface area contributed by atoms with E-state index in [2.05, 4.69) is 87.7 Å². The van der Waals surface area contributed by atoms with E-state index in [1.54, 1.807) is 6.20 Å². The fourth-order valence-corrected chi connectivity index (χ4v) is 5.81. The number of nitrogens with zero attached hydrogens (tertiary/aromatic N) is 6. The Morgan fingerprint density at radius 1 is 1.00 bits per heavy atom. The minimum atomic E-state index is -0.0545. The summed E-state index contributed by atoms with van der Waals surface area (Å²) in [6.07, 6.45) is 3.83. The van der Waals surface area contributed by atoms with E-state index in [9.17, 15) is 4.79 Å². The predicted molar refractivity (Wildman–Crippen MR) is 154 cm³/mol. The summed E-state index contributed by atoms with van der Waals surface area (Å²) in [5.74, 6) is 1.17. The molecule has 0 bridgehead atoms. The van der Waals surface area contributed by atoms with Gasteiger partial charge in [-0.2, -0.15) is 4.98 Å². The molecule has 38 heavy (non-hydrogen) atoms. The van der Waals surface area contributed by atoms with Gasteiger partial charge in [0.1, 0.15) is 11.4 Å². The SMILES string of the molecule is CCNc1ncc2c(n1)N(C)CCN(c1cccc(CN3CCC(c4ccccc4)(N(C)C)CC3)c1)C2=O. The average Bonchev–Trinajstić information content (AvgIpc) is 3.06. The molecule has 0 spiro atoms. The Morgan fingerprint density at radius 3 is 2.47 bits per heavy atom. The van der Waals surface area contributed by atoms with Crippen molar-refractivity contribution >= 4 is 23.4 Å². The van der Waals surface area contributed by atoms with Crippen molar-refractivity contribution in [3.05, 3.63) is 77.5 Å². The zero-order valence-electron chi connectivity index (χ0n) is 23.0. The number of hydrogen-bond donors (Lipinski definition) is 1. The van der Waals surface area contributed by atoms with Gasteiger partial charge in [-0.05, 0) is 57.1 Å². The van der Waals surface area contributed by atoms with Gasteiger partial charge >= 0.3 is 0 Å². The van der Waals surface area contributed by atoms with Crippen LogP contribution >= 0.6 is 0 Å². The van der Waals surface area contributed by atoms with Crippen LogP contribution in [0, 0.1) is 0 Å². The molecule has 5 rings (SSSR count). The molecular formula is C30H39N7O. The van der Waals surface area contributed by atoms with E-state index in [-0.39, 0.29) is 11.4 Å². The zero-order valence-corrected chi connectivity index (χ0v) is 23.0. The number of likely N-dealkylation sites (N-methyl/N-ethyl adjacent to an activating group) is 1. The molecule has 0 atom stereocenters. The second-order valence-electron chi connectivity index (χ2n) is 10.6. The molecule has 2 aliphatic heterocycles. The molecular weight excluding hydrogens is 474 g/mol. The van der Waals surface area contributed by atoms with Crippen molar-refractivity contribution < 1.29 is 4.79 Å². The monoisotopic (exact) mass is 513 g/mol. The van der Waals surface area contributed by atoms with Crippen molar-refractivity contribution in [2.24, 2.45) is 0 Å². The van der Waals surface area contributed by atoms with Crippen molar-refractivity contribution in [3.63, 3.8) is 0 Å². The third-order valence-corrected chi connectivity index (χ3v) is 8.08. The number of hydrogen-bond acceptors (Lipinski definition) is 7. The highest BCUT2D eigenvalue weighted by Crippen LogP contribution is 2.37. The van der Waals surface area contributed by atoms with E-state index in [0.29, 0.717) is 30.4 Å². The summed E-state index contributed by atoms with van der Waals surface area (Å²) < 4.78 is 0. The highest BCUT2D eigenvalue weighted by atomic mass is 16.2. The molecule has 0 unspecified atom stereocenters. The van der Waals surface area contributed by atoms with E-state index in [4.69, 9.17) is 0 Å². The molecule has 8 nitrogen and oxygen atoms in total. The summed E-state index contributed by atoms with van der Waals surface area (Å²) in [7, 11) is 6.38. The van der Waals surface area contributed by atoms with Gasteiger partial charge in [0.2, 0.25) is 5.95 Å². The molecule has 200 valence electrons. The highest BCUT2D eigenvalue weighted by Gasteiger charge is 2.38. The quantitative estimate of drug-likeness (QED) is 0.511. The number of anilines is 3. The minimum Gasteiger partial charge on any atom is -0.357 e. The Labute approximate surface area is 226 Å². The van der Waals surface area contributed by atoms with Gasteiger partial charge in [0.05, 0.1) is 0 Å². The Kier molecular flexibility index (Phi) is 7.63. The largest absolute Gasteiger partial charge is 0.357 e. The van der Waals surface area contributed by atoms with E-state index in [1.807, 2.05) is 29.8 Å². The number of fused-ring (bicyclic) bond motifs is 1. The number of aromatic nitrogens is 2. The maximum atomic E-state index is 13.6. The second-order valence-corrected chi connectivity index (χ2v) is 10.6. The van der Waals surface area contributed by atoms with Crippen LogP contribution in [0.4, 0.5) is 17.5 Å². The number of piperidine rings is 1. The summed E-state index contributed by atoms with van der Waals surface area (Å²) in [6.45, 7) is 6.97. The standard InChI is InChI=1S/C30H39N7O/c1-5-31-29-32-21-26-27(33-29)35(4)18-19-37(28(26)38)25-13-9-10-23(20-25)22-36-16-14-30(15-17-36,34(2)3)24-11-7-6-8-12-24/h6-13,20-21H,5,14-19,22H2,1-4H3,(H,31,32,33). The zero-order chi connectivity index (χ0) is 26.7. The first kappa shape index (κ1) is 26.1. The van der Waals surface area contributed by atoms with E-state index >= 15 is 0 Å². The third kappa shape index (κ3) is 5.11. The first-order valence-corrected chi connectivity index (χ1v) is 13.6. The smallest absolute Gasteiger partial charge is 0.263 e. The van der Waals surface area contributed by atoms with Gasteiger partial charge in [0, 0.05) is 63.7 Å². The number of nitrogens with one attached hydrogen (secondary N) is 1. The third-order valence-electron chi connectivity index (χ3n) is 8.08. The lowest BCUT2D eigenvalue weighted by Gasteiger charge is -2.46. The van der Waals surface area contributed by atoms with E-state index in [1.165, 1.54) is 11.1 Å². The lowest BCUT2D eigenvalue weighted by atomic mass is 9.79. The Balaban J connectivity index is 1.31. The Bertz CT molecular complexity index is 1250. The molecule has 2 aromatic carbocycles. The normalized spacial score (nSPS) is 17.9. The van der Waals surface area contributed by atoms with Crippen molar-refractivity contribution in [1.82, 2.24) is 19.8 Å². The van der Waals surface area contributed by atoms with Crippen LogP contribution in [-0.4, -0.2) is 79.5 Å². The molecule has 1 amide bonds. The van der Waals surface area contributed by atoms with Crippen molar-refractivity contribution in [2.75, 3.05) is 69.0 Å². The minimum absolute atomic E-state index is 0.0545. The van der Waals surface area contributed by atoms with Gasteiger partial charge < -0.3 is 15.1 Å². The molecule has 3 heterocycles. The molecule has 1 N–H and O–H groups in total. The van der Waals surface area contributed by atoms with Crippen LogP contribution in [-0.2, 0) is 12.1 Å². The first-order chi connectivity index (χ1) is 18.4. The fraction of sp³-hybridized carbons (Fsp3) is 0.433. The van der Waals surface area contributed by atoms with Gasteiger partial charge in [-0.1, -0.05) is 42.5 Å². The van der Waals surface area contributed by atoms with E-state index < -0.39 is 0 Å². The number of rotatable bonds is 7. The van der Waals surface area contributed by atoms with Crippen LogP contribution in [0.15, 0.2) is 60.8 Å². The number of likely N-dealkylation sites (tertiary alicyclic amines) is 1. The number of amides is 1. The number of carbonyl (C=O) groups is 1. The second kappa shape index (κ2) is 11.1. The molecule has 0 aliphatic carbocycles. The molecule has 3 aromatic rings. The summed E-state index contributed by atoms with van der Waals surface area (Å²) in [5.41, 5.74) is 4.16. The van der Waals surface area contributed by atoms with Gasteiger partial charge in [-0.25, -0.2) is 4.98 Å². The van der Waals surface area contributed by atoms with Crippen molar-refractivity contribution in [1.29, 1.82) is 0 Å². The summed E-state index contributed by atoms with van der Waals surface area (Å²) in [6, 6.07) is 19.3. The average molecular weight is 514 g/mol. The van der Waals surface area contributed by atoms with Crippen LogP contribution in [0.5, 0.6) is 0 Å². The highest BCUT2D eigenvalue weighted by molar-refractivity contribution is 6.09. The van der Waals surface area contributed by atoms with Crippen LogP contribution in [0.1, 0.15) is 41.3 Å². The lowest BCUT2D eigenvalue weighted by molar-refractivity contribution is 0.0507. The van der Waals surface area contributed by atoms with Gasteiger partial charge in [0.25, 0.3) is 5.91 Å².